The second kappa shape index (κ2) is 6.57. The van der Waals surface area contributed by atoms with Crippen molar-refractivity contribution < 1.29 is 9.53 Å². The van der Waals surface area contributed by atoms with E-state index in [1.165, 1.54) is 17.9 Å². The number of hydrogen-bond donors (Lipinski definition) is 1. The Morgan fingerprint density at radius 3 is 2.70 bits per heavy atom. The molecule has 0 heterocycles. The van der Waals surface area contributed by atoms with Crippen LogP contribution in [0.3, 0.4) is 0 Å². The molecule has 0 aliphatic carbocycles. The molecule has 0 unspecified atom stereocenters. The van der Waals surface area contributed by atoms with Crippen LogP contribution in [0.5, 0.6) is 0 Å². The van der Waals surface area contributed by atoms with Gasteiger partial charge < -0.3 is 10.1 Å². The minimum absolute atomic E-state index is 0.296. The van der Waals surface area contributed by atoms with Crippen molar-refractivity contribution in [1.29, 1.82) is 0 Å². The highest BCUT2D eigenvalue weighted by molar-refractivity contribution is 9.10. The summed E-state index contributed by atoms with van der Waals surface area (Å²) in [5.74, 6) is -0.296. The maximum atomic E-state index is 11.2. The van der Waals surface area contributed by atoms with E-state index in [-0.39, 0.29) is 5.97 Å². The van der Waals surface area contributed by atoms with Gasteiger partial charge >= 0.3 is 5.97 Å². The highest BCUT2D eigenvalue weighted by Gasteiger charge is 2.01. The number of hydrogen-bond acceptors (Lipinski definition) is 3. The molecule has 0 aromatic heterocycles. The number of benzene rings is 2. The van der Waals surface area contributed by atoms with Crippen LogP contribution in [0.15, 0.2) is 52.5 Å². The average Bonchev–Trinajstić information content (AvgIpc) is 2.46. The minimum atomic E-state index is -0.296. The summed E-state index contributed by atoms with van der Waals surface area (Å²) in [6, 6.07) is 12.4. The van der Waals surface area contributed by atoms with Crippen LogP contribution in [-0.2, 0) is 9.53 Å². The van der Waals surface area contributed by atoms with Crippen LogP contribution in [0.1, 0.15) is 6.92 Å². The van der Waals surface area contributed by atoms with E-state index in [2.05, 4.69) is 50.2 Å². The second-order valence-electron chi connectivity index (χ2n) is 4.47. The average molecular weight is 334 g/mol. The van der Waals surface area contributed by atoms with Gasteiger partial charge in [-0.2, -0.15) is 0 Å². The maximum absolute atomic E-state index is 11.2. The van der Waals surface area contributed by atoms with E-state index in [1.807, 2.05) is 18.2 Å². The van der Waals surface area contributed by atoms with Crippen LogP contribution in [0.25, 0.3) is 10.8 Å². The normalized spacial score (nSPS) is 11.4. The third-order valence-electron chi connectivity index (χ3n) is 3.02. The minimum Gasteiger partial charge on any atom is -0.466 e. The predicted octanol–water partition coefficient (Wildman–Crippen LogP) is 4.13. The number of anilines is 1. The van der Waals surface area contributed by atoms with E-state index in [4.69, 9.17) is 0 Å². The number of ether oxygens (including phenoxy) is 1. The number of halogens is 1. The lowest BCUT2D eigenvalue weighted by atomic mass is 10.1. The highest BCUT2D eigenvalue weighted by Crippen LogP contribution is 2.22. The third kappa shape index (κ3) is 3.61. The summed E-state index contributed by atoms with van der Waals surface area (Å²) in [5.41, 5.74) is 1.62. The maximum Gasteiger partial charge on any atom is 0.333 e. The molecule has 0 aliphatic rings. The molecule has 0 bridgehead atoms. The Morgan fingerprint density at radius 1 is 1.25 bits per heavy atom. The molecule has 0 saturated heterocycles. The van der Waals surface area contributed by atoms with Gasteiger partial charge in [-0.1, -0.05) is 34.1 Å². The molecule has 0 aliphatic heterocycles. The summed E-state index contributed by atoms with van der Waals surface area (Å²) < 4.78 is 5.72. The number of fused-ring (bicyclic) bond motifs is 1. The van der Waals surface area contributed by atoms with Crippen LogP contribution in [0.2, 0.25) is 0 Å². The van der Waals surface area contributed by atoms with Gasteiger partial charge in [-0.15, -0.1) is 0 Å². The number of esters is 1. The first kappa shape index (κ1) is 14.6. The SMILES string of the molecule is COC(=O)/C(C)=C/CNc1ccc2cc(Br)ccc2c1. The lowest BCUT2D eigenvalue weighted by Crippen LogP contribution is -2.05. The number of nitrogens with one attached hydrogen (secondary N) is 1. The quantitative estimate of drug-likeness (QED) is 0.675. The predicted molar refractivity (Wildman–Crippen MR) is 85.9 cm³/mol. The topological polar surface area (TPSA) is 38.3 Å². The molecule has 1 N–H and O–H groups in total. The summed E-state index contributed by atoms with van der Waals surface area (Å²) in [4.78, 5) is 11.2. The zero-order valence-electron chi connectivity index (χ0n) is 11.4. The van der Waals surface area contributed by atoms with Crippen molar-refractivity contribution in [2.24, 2.45) is 0 Å². The highest BCUT2D eigenvalue weighted by atomic mass is 79.9. The lowest BCUT2D eigenvalue weighted by molar-refractivity contribution is -0.136. The van der Waals surface area contributed by atoms with Crippen LogP contribution in [0, 0.1) is 0 Å². The van der Waals surface area contributed by atoms with Crippen molar-refractivity contribution in [3.63, 3.8) is 0 Å². The van der Waals surface area contributed by atoms with E-state index in [0.717, 1.165) is 10.2 Å². The van der Waals surface area contributed by atoms with Crippen molar-refractivity contribution >= 4 is 38.4 Å². The van der Waals surface area contributed by atoms with Gasteiger partial charge in [-0.25, -0.2) is 4.79 Å². The van der Waals surface area contributed by atoms with Gasteiger partial charge in [0.2, 0.25) is 0 Å². The van der Waals surface area contributed by atoms with Crippen LogP contribution in [0.4, 0.5) is 5.69 Å². The zero-order chi connectivity index (χ0) is 14.5. The van der Waals surface area contributed by atoms with E-state index in [9.17, 15) is 4.79 Å². The van der Waals surface area contributed by atoms with Crippen LogP contribution >= 0.6 is 15.9 Å². The largest absolute Gasteiger partial charge is 0.466 e. The number of carbonyl (C=O) groups is 1. The third-order valence-corrected chi connectivity index (χ3v) is 3.52. The van der Waals surface area contributed by atoms with E-state index in [1.54, 1.807) is 6.92 Å². The fourth-order valence-electron chi connectivity index (χ4n) is 1.89. The van der Waals surface area contributed by atoms with E-state index >= 15 is 0 Å². The van der Waals surface area contributed by atoms with Gasteiger partial charge in [-0.3, -0.25) is 0 Å². The van der Waals surface area contributed by atoms with Crippen LogP contribution in [-0.4, -0.2) is 19.6 Å². The number of rotatable bonds is 4. The van der Waals surface area contributed by atoms with Crippen LogP contribution < -0.4 is 5.32 Å². The fraction of sp³-hybridized carbons (Fsp3) is 0.188. The molecular formula is C16H16BrNO2. The summed E-state index contributed by atoms with van der Waals surface area (Å²) in [6.45, 7) is 2.33. The van der Waals surface area contributed by atoms with Crippen molar-refractivity contribution in [3.8, 4) is 0 Å². The van der Waals surface area contributed by atoms with E-state index < -0.39 is 0 Å². The standard InChI is InChI=1S/C16H16BrNO2/c1-11(16(19)20-2)7-8-18-15-6-4-12-9-14(17)5-3-13(12)10-15/h3-7,9-10,18H,8H2,1-2H3/b11-7+. The van der Waals surface area contributed by atoms with Crippen molar-refractivity contribution in [2.45, 2.75) is 6.92 Å². The smallest absolute Gasteiger partial charge is 0.333 e. The van der Waals surface area contributed by atoms with Crippen molar-refractivity contribution in [1.82, 2.24) is 0 Å². The Bertz CT molecular complexity index is 665. The Kier molecular flexibility index (Phi) is 4.79. The van der Waals surface area contributed by atoms with Gasteiger partial charge in [0.15, 0.2) is 0 Å². The Labute approximate surface area is 126 Å². The Hall–Kier alpha value is -1.81. The molecule has 0 atom stereocenters. The van der Waals surface area contributed by atoms with Crippen molar-refractivity contribution in [2.75, 3.05) is 19.0 Å². The molecule has 20 heavy (non-hydrogen) atoms. The van der Waals surface area contributed by atoms with Gasteiger partial charge in [-0.05, 0) is 42.0 Å². The Morgan fingerprint density at radius 2 is 1.95 bits per heavy atom. The van der Waals surface area contributed by atoms with Gasteiger partial charge in [0.25, 0.3) is 0 Å². The monoisotopic (exact) mass is 333 g/mol. The van der Waals surface area contributed by atoms with Crippen molar-refractivity contribution in [3.05, 3.63) is 52.5 Å². The molecule has 3 nitrogen and oxygen atoms in total. The molecule has 0 fully saturated rings. The zero-order valence-corrected chi connectivity index (χ0v) is 13.0. The first-order valence-electron chi connectivity index (χ1n) is 6.28. The Balaban J connectivity index is 2.07. The molecule has 4 heteroatoms. The molecule has 2 rings (SSSR count). The second-order valence-corrected chi connectivity index (χ2v) is 5.38. The first-order valence-corrected chi connectivity index (χ1v) is 7.08. The summed E-state index contributed by atoms with van der Waals surface area (Å²) in [5, 5.41) is 5.62. The summed E-state index contributed by atoms with van der Waals surface area (Å²) >= 11 is 3.46. The molecule has 104 valence electrons. The molecule has 0 radical (unpaired) electrons. The molecule has 2 aromatic carbocycles. The molecule has 0 saturated carbocycles. The van der Waals surface area contributed by atoms with E-state index in [0.29, 0.717) is 12.1 Å². The molecule has 0 amide bonds. The summed E-state index contributed by atoms with van der Waals surface area (Å²) in [6.07, 6.45) is 1.82. The lowest BCUT2D eigenvalue weighted by Gasteiger charge is -2.06. The molecule has 2 aromatic rings. The first-order chi connectivity index (χ1) is 9.60. The molecular weight excluding hydrogens is 318 g/mol. The number of carbonyl (C=O) groups excluding carboxylic acids is 1. The molecule has 0 spiro atoms. The van der Waals surface area contributed by atoms with Gasteiger partial charge in [0.05, 0.1) is 7.11 Å². The summed E-state index contributed by atoms with van der Waals surface area (Å²) in [7, 11) is 1.38. The van der Waals surface area contributed by atoms with Gasteiger partial charge in [0.1, 0.15) is 0 Å². The number of methoxy groups -OCH3 is 1. The van der Waals surface area contributed by atoms with Gasteiger partial charge in [0, 0.05) is 22.3 Å². The fourth-order valence-corrected chi connectivity index (χ4v) is 2.27.